The van der Waals surface area contributed by atoms with Gasteiger partial charge in [-0.2, -0.15) is 0 Å². The minimum absolute atomic E-state index is 0.0494. The van der Waals surface area contributed by atoms with Crippen LogP contribution in [0.15, 0.2) is 0 Å². The molecule has 2 N–H and O–H groups in total. The number of rotatable bonds is 4. The molecule has 24 heavy (non-hydrogen) atoms. The Balaban J connectivity index is 1.47. The molecule has 8 nitrogen and oxygen atoms in total. The van der Waals surface area contributed by atoms with Crippen LogP contribution in [0.25, 0.3) is 0 Å². The Hall–Kier alpha value is -1.67. The lowest BCUT2D eigenvalue weighted by atomic mass is 10.2. The molecule has 1 saturated carbocycles. The zero-order valence-corrected chi connectivity index (χ0v) is 14.0. The summed E-state index contributed by atoms with van der Waals surface area (Å²) in [6.45, 7) is 2.86. The first kappa shape index (κ1) is 17.2. The molecule has 134 valence electrons. The lowest BCUT2D eigenvalue weighted by Crippen LogP contribution is -2.56. The number of nitrogens with zero attached hydrogens (tertiary/aromatic N) is 2. The van der Waals surface area contributed by atoms with E-state index in [2.05, 4.69) is 10.6 Å². The van der Waals surface area contributed by atoms with Crippen molar-refractivity contribution in [2.75, 3.05) is 45.9 Å². The molecule has 0 radical (unpaired) electrons. The molecule has 0 bridgehead atoms. The van der Waals surface area contributed by atoms with Gasteiger partial charge in [0.05, 0.1) is 26.2 Å². The average molecular weight is 338 g/mol. The number of carbonyl (C=O) groups is 3. The Kier molecular flexibility index (Phi) is 5.68. The largest absolute Gasteiger partial charge is 0.365 e. The number of morpholine rings is 1. The number of nitrogens with one attached hydrogen (secondary N) is 2. The van der Waals surface area contributed by atoms with E-state index in [1.807, 2.05) is 4.90 Å². The summed E-state index contributed by atoms with van der Waals surface area (Å²) in [4.78, 5) is 39.7. The highest BCUT2D eigenvalue weighted by Gasteiger charge is 2.31. The van der Waals surface area contributed by atoms with Gasteiger partial charge < -0.3 is 20.3 Å². The maximum Gasteiger partial charge on any atom is 0.251 e. The highest BCUT2D eigenvalue weighted by Crippen LogP contribution is 2.18. The molecule has 3 amide bonds. The van der Waals surface area contributed by atoms with Gasteiger partial charge in [-0.05, 0) is 12.8 Å². The van der Waals surface area contributed by atoms with Gasteiger partial charge in [0.1, 0.15) is 0 Å². The normalized spacial score (nSPS) is 26.2. The molecule has 1 unspecified atom stereocenters. The van der Waals surface area contributed by atoms with Gasteiger partial charge in [0.15, 0.2) is 6.10 Å². The molecule has 3 rings (SSSR count). The fourth-order valence-electron chi connectivity index (χ4n) is 3.52. The Morgan fingerprint density at radius 1 is 1.25 bits per heavy atom. The van der Waals surface area contributed by atoms with Gasteiger partial charge in [-0.15, -0.1) is 0 Å². The van der Waals surface area contributed by atoms with Crippen LogP contribution in [0.4, 0.5) is 0 Å². The van der Waals surface area contributed by atoms with Crippen molar-refractivity contribution in [1.82, 2.24) is 20.4 Å². The fourth-order valence-corrected chi connectivity index (χ4v) is 3.52. The monoisotopic (exact) mass is 338 g/mol. The van der Waals surface area contributed by atoms with E-state index >= 15 is 0 Å². The van der Waals surface area contributed by atoms with Crippen molar-refractivity contribution in [3.8, 4) is 0 Å². The van der Waals surface area contributed by atoms with E-state index in [9.17, 15) is 14.4 Å². The summed E-state index contributed by atoms with van der Waals surface area (Å²) in [5.74, 6) is -0.215. The van der Waals surface area contributed by atoms with Gasteiger partial charge in [0.25, 0.3) is 5.91 Å². The molecule has 0 aromatic heterocycles. The van der Waals surface area contributed by atoms with Crippen LogP contribution in [0, 0.1) is 0 Å². The zero-order valence-electron chi connectivity index (χ0n) is 14.0. The SMILES string of the molecule is O=C1CN(CC(=O)N2CCOC(C(=O)NC3CCCC3)C2)CCN1. The van der Waals surface area contributed by atoms with Gasteiger partial charge in [-0.3, -0.25) is 19.3 Å². The molecule has 1 aliphatic carbocycles. The highest BCUT2D eigenvalue weighted by molar-refractivity contribution is 5.84. The third-order valence-electron chi connectivity index (χ3n) is 4.89. The van der Waals surface area contributed by atoms with Gasteiger partial charge in [0.2, 0.25) is 11.8 Å². The van der Waals surface area contributed by atoms with Crippen molar-refractivity contribution in [2.24, 2.45) is 0 Å². The second kappa shape index (κ2) is 7.94. The summed E-state index contributed by atoms with van der Waals surface area (Å²) < 4.78 is 5.55. The van der Waals surface area contributed by atoms with Crippen molar-refractivity contribution < 1.29 is 19.1 Å². The van der Waals surface area contributed by atoms with E-state index in [0.717, 1.165) is 25.7 Å². The van der Waals surface area contributed by atoms with Crippen molar-refractivity contribution in [3.63, 3.8) is 0 Å². The highest BCUT2D eigenvalue weighted by atomic mass is 16.5. The van der Waals surface area contributed by atoms with Crippen molar-refractivity contribution >= 4 is 17.7 Å². The minimum Gasteiger partial charge on any atom is -0.365 e. The number of hydrogen-bond acceptors (Lipinski definition) is 5. The number of amides is 3. The molecule has 3 fully saturated rings. The number of carbonyl (C=O) groups excluding carboxylic acids is 3. The predicted octanol–water partition coefficient (Wildman–Crippen LogP) is -1.30. The van der Waals surface area contributed by atoms with Gasteiger partial charge >= 0.3 is 0 Å². The quantitative estimate of drug-likeness (QED) is 0.665. The molecular formula is C16H26N4O4. The number of hydrogen-bond donors (Lipinski definition) is 2. The predicted molar refractivity (Wildman–Crippen MR) is 86.2 cm³/mol. The summed E-state index contributed by atoms with van der Waals surface area (Å²) in [5, 5.41) is 5.77. The minimum atomic E-state index is -0.590. The van der Waals surface area contributed by atoms with Crippen LogP contribution in [0.3, 0.4) is 0 Å². The summed E-state index contributed by atoms with van der Waals surface area (Å²) in [6.07, 6.45) is 3.78. The molecular weight excluding hydrogens is 312 g/mol. The van der Waals surface area contributed by atoms with E-state index in [1.165, 1.54) is 0 Å². The summed E-state index contributed by atoms with van der Waals surface area (Å²) in [5.41, 5.74) is 0. The van der Waals surface area contributed by atoms with Crippen molar-refractivity contribution in [1.29, 1.82) is 0 Å². The maximum absolute atomic E-state index is 12.5. The first-order chi connectivity index (χ1) is 11.6. The fraction of sp³-hybridized carbons (Fsp3) is 0.812. The third-order valence-corrected chi connectivity index (χ3v) is 4.89. The lowest BCUT2D eigenvalue weighted by molar-refractivity contribution is -0.148. The Morgan fingerprint density at radius 2 is 2.04 bits per heavy atom. The second-order valence-corrected chi connectivity index (χ2v) is 6.75. The van der Waals surface area contributed by atoms with Gasteiger partial charge in [-0.1, -0.05) is 12.8 Å². The van der Waals surface area contributed by atoms with E-state index in [-0.39, 0.29) is 43.4 Å². The lowest BCUT2D eigenvalue weighted by Gasteiger charge is -2.34. The van der Waals surface area contributed by atoms with E-state index < -0.39 is 6.10 Å². The standard InChI is InChI=1S/C16H26N4O4/c21-14-10-19(6-5-17-14)11-15(22)20-7-8-24-13(9-20)16(23)18-12-3-1-2-4-12/h12-13H,1-11H2,(H,17,21)(H,18,23). The topological polar surface area (TPSA) is 91.0 Å². The van der Waals surface area contributed by atoms with Crippen LogP contribution in [-0.2, 0) is 19.1 Å². The number of piperazine rings is 1. The molecule has 8 heteroatoms. The maximum atomic E-state index is 12.5. The molecule has 0 aromatic rings. The molecule has 2 aliphatic heterocycles. The third kappa shape index (κ3) is 4.45. The summed E-state index contributed by atoms with van der Waals surface area (Å²) in [7, 11) is 0. The molecule has 3 aliphatic rings. The smallest absolute Gasteiger partial charge is 0.251 e. The molecule has 0 aromatic carbocycles. The Bertz CT molecular complexity index is 492. The average Bonchev–Trinajstić information content (AvgIpc) is 3.08. The van der Waals surface area contributed by atoms with E-state index in [1.54, 1.807) is 4.90 Å². The Morgan fingerprint density at radius 3 is 2.79 bits per heavy atom. The van der Waals surface area contributed by atoms with E-state index in [4.69, 9.17) is 4.74 Å². The molecule has 0 spiro atoms. The van der Waals surface area contributed by atoms with Gasteiger partial charge in [-0.25, -0.2) is 0 Å². The van der Waals surface area contributed by atoms with Crippen LogP contribution in [-0.4, -0.2) is 85.5 Å². The Labute approximate surface area is 141 Å². The van der Waals surface area contributed by atoms with Crippen LogP contribution in [0.5, 0.6) is 0 Å². The van der Waals surface area contributed by atoms with Crippen LogP contribution >= 0.6 is 0 Å². The molecule has 1 atom stereocenters. The van der Waals surface area contributed by atoms with Gasteiger partial charge in [0, 0.05) is 25.7 Å². The number of ether oxygens (including phenoxy) is 1. The van der Waals surface area contributed by atoms with Crippen LogP contribution in [0.1, 0.15) is 25.7 Å². The first-order valence-electron chi connectivity index (χ1n) is 8.80. The summed E-state index contributed by atoms with van der Waals surface area (Å²) >= 11 is 0. The first-order valence-corrected chi connectivity index (χ1v) is 8.80. The zero-order chi connectivity index (χ0) is 16.9. The van der Waals surface area contributed by atoms with Crippen LogP contribution < -0.4 is 10.6 Å². The van der Waals surface area contributed by atoms with Crippen molar-refractivity contribution in [3.05, 3.63) is 0 Å². The van der Waals surface area contributed by atoms with Crippen molar-refractivity contribution in [2.45, 2.75) is 37.8 Å². The van der Waals surface area contributed by atoms with Crippen LogP contribution in [0.2, 0.25) is 0 Å². The van der Waals surface area contributed by atoms with E-state index in [0.29, 0.717) is 26.2 Å². The summed E-state index contributed by atoms with van der Waals surface area (Å²) in [6, 6.07) is 0.249. The molecule has 2 saturated heterocycles. The second-order valence-electron chi connectivity index (χ2n) is 6.75. The molecule has 2 heterocycles.